The number of rotatable bonds is 6. The molecule has 4 N–H and O–H groups in total. The number of para-hydroxylation sites is 1. The van der Waals surface area contributed by atoms with Crippen LogP contribution in [0.2, 0.25) is 0 Å². The van der Waals surface area contributed by atoms with Gasteiger partial charge in [0.05, 0.1) is 13.7 Å². The van der Waals surface area contributed by atoms with E-state index in [4.69, 9.17) is 14.2 Å². The summed E-state index contributed by atoms with van der Waals surface area (Å²) in [5, 5.41) is 40.3. The molecule has 7 nitrogen and oxygen atoms in total. The van der Waals surface area contributed by atoms with Crippen molar-refractivity contribution in [3.8, 4) is 11.5 Å². The predicted octanol–water partition coefficient (Wildman–Crippen LogP) is 0.855. The van der Waals surface area contributed by atoms with Crippen LogP contribution in [0.15, 0.2) is 48.5 Å². The molecule has 1 aliphatic rings. The fraction of sp³-hybridized carbons (Fsp3) is 0.429. The van der Waals surface area contributed by atoms with E-state index in [2.05, 4.69) is 0 Å². The second-order valence-corrected chi connectivity index (χ2v) is 7.09. The predicted molar refractivity (Wildman–Crippen MR) is 101 cm³/mol. The highest BCUT2D eigenvalue weighted by Crippen LogP contribution is 2.32. The minimum absolute atomic E-state index is 0.479. The number of benzene rings is 2. The molecule has 0 saturated carbocycles. The maximum Gasteiger partial charge on any atom is 0.229 e. The lowest BCUT2D eigenvalue weighted by atomic mass is 9.86. The van der Waals surface area contributed by atoms with Crippen molar-refractivity contribution in [2.24, 2.45) is 0 Å². The van der Waals surface area contributed by atoms with Crippen LogP contribution >= 0.6 is 0 Å². The van der Waals surface area contributed by atoms with Crippen LogP contribution in [0.3, 0.4) is 0 Å². The lowest BCUT2D eigenvalue weighted by Crippen LogP contribution is -2.66. The lowest BCUT2D eigenvalue weighted by Gasteiger charge is -2.45. The fourth-order valence-corrected chi connectivity index (χ4v) is 3.24. The van der Waals surface area contributed by atoms with Gasteiger partial charge in [0.1, 0.15) is 35.4 Å². The number of hydrogen-bond acceptors (Lipinski definition) is 7. The highest BCUT2D eigenvalue weighted by Gasteiger charge is 2.52. The Balaban J connectivity index is 1.79. The largest absolute Gasteiger partial charge is 0.497 e. The summed E-state index contributed by atoms with van der Waals surface area (Å²) in [4.78, 5) is 0. The van der Waals surface area contributed by atoms with Gasteiger partial charge in [-0.25, -0.2) is 0 Å². The maximum absolute atomic E-state index is 10.3. The van der Waals surface area contributed by atoms with Crippen molar-refractivity contribution in [2.45, 2.75) is 43.5 Å². The smallest absolute Gasteiger partial charge is 0.229 e. The Morgan fingerprint density at radius 3 is 2.39 bits per heavy atom. The third-order valence-corrected chi connectivity index (χ3v) is 5.09. The van der Waals surface area contributed by atoms with Crippen LogP contribution in [-0.4, -0.2) is 64.3 Å². The van der Waals surface area contributed by atoms with E-state index in [1.165, 1.54) is 6.92 Å². The van der Waals surface area contributed by atoms with Gasteiger partial charge < -0.3 is 34.6 Å². The molecule has 1 saturated heterocycles. The number of ether oxygens (including phenoxy) is 3. The highest BCUT2D eigenvalue weighted by atomic mass is 16.7. The molecule has 3 rings (SSSR count). The van der Waals surface area contributed by atoms with Gasteiger partial charge in [-0.15, -0.1) is 0 Å². The zero-order valence-electron chi connectivity index (χ0n) is 15.9. The zero-order valence-corrected chi connectivity index (χ0v) is 15.9. The second kappa shape index (κ2) is 8.46. The van der Waals surface area contributed by atoms with Gasteiger partial charge in [-0.1, -0.05) is 30.3 Å². The Kier molecular flexibility index (Phi) is 6.22. The molecule has 0 aromatic heterocycles. The summed E-state index contributed by atoms with van der Waals surface area (Å²) in [5.74, 6) is 1.25. The number of aliphatic hydroxyl groups is 4. The van der Waals surface area contributed by atoms with E-state index in [-0.39, 0.29) is 0 Å². The number of aliphatic hydroxyl groups excluding tert-OH is 3. The van der Waals surface area contributed by atoms with Gasteiger partial charge in [0, 0.05) is 6.42 Å². The van der Waals surface area contributed by atoms with Gasteiger partial charge in [-0.3, -0.25) is 0 Å². The standard InChI is InChI=1S/C21H26O7/c1-21(25)17(12-22)28-20(18(23)19(21)24)27-16-6-4-3-5-14(16)11-13-7-9-15(26-2)10-8-13/h3-10,17-20,22-25H,11-12H2,1-2H3/t17-,18-,19-,20+,21-/m1/s1. The molecule has 2 aromatic rings. The topological polar surface area (TPSA) is 109 Å². The summed E-state index contributed by atoms with van der Waals surface area (Å²) < 4.78 is 16.5. The summed E-state index contributed by atoms with van der Waals surface area (Å²) >= 11 is 0. The first-order valence-electron chi connectivity index (χ1n) is 9.09. The van der Waals surface area contributed by atoms with E-state index in [9.17, 15) is 20.4 Å². The van der Waals surface area contributed by atoms with Crippen LogP contribution in [0.25, 0.3) is 0 Å². The number of hydrogen-bond donors (Lipinski definition) is 4. The van der Waals surface area contributed by atoms with Gasteiger partial charge in [-0.05, 0) is 36.2 Å². The second-order valence-electron chi connectivity index (χ2n) is 7.09. The fourth-order valence-electron chi connectivity index (χ4n) is 3.24. The average Bonchev–Trinajstić information content (AvgIpc) is 2.70. The van der Waals surface area contributed by atoms with Crippen molar-refractivity contribution >= 4 is 0 Å². The molecule has 0 bridgehead atoms. The van der Waals surface area contributed by atoms with Gasteiger partial charge in [0.2, 0.25) is 6.29 Å². The van der Waals surface area contributed by atoms with Crippen LogP contribution in [0, 0.1) is 0 Å². The van der Waals surface area contributed by atoms with Gasteiger partial charge in [-0.2, -0.15) is 0 Å². The first-order chi connectivity index (χ1) is 13.4. The van der Waals surface area contributed by atoms with Crippen LogP contribution < -0.4 is 9.47 Å². The molecule has 0 spiro atoms. The summed E-state index contributed by atoms with van der Waals surface area (Å²) in [6.07, 6.45) is -4.76. The van der Waals surface area contributed by atoms with Crippen molar-refractivity contribution < 1.29 is 34.6 Å². The van der Waals surface area contributed by atoms with Crippen LogP contribution in [-0.2, 0) is 11.2 Å². The lowest BCUT2D eigenvalue weighted by molar-refractivity contribution is -0.308. The molecular formula is C21H26O7. The van der Waals surface area contributed by atoms with Crippen molar-refractivity contribution in [1.82, 2.24) is 0 Å². The third-order valence-electron chi connectivity index (χ3n) is 5.09. The molecule has 5 atom stereocenters. The molecule has 0 radical (unpaired) electrons. The van der Waals surface area contributed by atoms with Crippen LogP contribution in [0.4, 0.5) is 0 Å². The van der Waals surface area contributed by atoms with Crippen molar-refractivity contribution in [3.63, 3.8) is 0 Å². The first-order valence-corrected chi connectivity index (χ1v) is 9.09. The molecular weight excluding hydrogens is 364 g/mol. The third kappa shape index (κ3) is 4.14. The quantitative estimate of drug-likeness (QED) is 0.579. The molecule has 7 heteroatoms. The molecule has 0 amide bonds. The van der Waals surface area contributed by atoms with E-state index in [1.807, 2.05) is 36.4 Å². The molecule has 2 aromatic carbocycles. The Labute approximate surface area is 163 Å². The number of methoxy groups -OCH3 is 1. The van der Waals surface area contributed by atoms with Crippen molar-refractivity contribution in [1.29, 1.82) is 0 Å². The van der Waals surface area contributed by atoms with Crippen LogP contribution in [0.1, 0.15) is 18.1 Å². The Morgan fingerprint density at radius 2 is 1.75 bits per heavy atom. The van der Waals surface area contributed by atoms with E-state index in [0.29, 0.717) is 12.2 Å². The zero-order chi connectivity index (χ0) is 20.3. The monoisotopic (exact) mass is 390 g/mol. The first kappa shape index (κ1) is 20.6. The van der Waals surface area contributed by atoms with E-state index in [0.717, 1.165) is 16.9 Å². The van der Waals surface area contributed by atoms with E-state index in [1.54, 1.807) is 19.2 Å². The minimum atomic E-state index is -1.80. The van der Waals surface area contributed by atoms with E-state index >= 15 is 0 Å². The van der Waals surface area contributed by atoms with Gasteiger partial charge >= 0.3 is 0 Å². The molecule has 1 aliphatic heterocycles. The minimum Gasteiger partial charge on any atom is -0.497 e. The van der Waals surface area contributed by atoms with Crippen LogP contribution in [0.5, 0.6) is 11.5 Å². The molecule has 1 fully saturated rings. The summed E-state index contributed by atoms with van der Waals surface area (Å²) in [5.41, 5.74) is 0.102. The van der Waals surface area contributed by atoms with Gasteiger partial charge in [0.25, 0.3) is 0 Å². The van der Waals surface area contributed by atoms with E-state index < -0.39 is 36.8 Å². The van der Waals surface area contributed by atoms with Crippen molar-refractivity contribution in [3.05, 3.63) is 59.7 Å². The highest BCUT2D eigenvalue weighted by molar-refractivity contribution is 5.39. The molecule has 28 heavy (non-hydrogen) atoms. The summed E-state index contributed by atoms with van der Waals surface area (Å²) in [6, 6.07) is 14.9. The Bertz CT molecular complexity index is 771. The summed E-state index contributed by atoms with van der Waals surface area (Å²) in [6.45, 7) is 0.778. The Morgan fingerprint density at radius 1 is 1.07 bits per heavy atom. The molecule has 1 heterocycles. The normalized spacial score (nSPS) is 30.1. The molecule has 152 valence electrons. The average molecular weight is 390 g/mol. The van der Waals surface area contributed by atoms with Crippen molar-refractivity contribution in [2.75, 3.05) is 13.7 Å². The molecule has 0 aliphatic carbocycles. The maximum atomic E-state index is 10.3. The SMILES string of the molecule is COc1ccc(Cc2ccccc2O[C@H]2O[C@H](CO)[C@@](C)(O)[C@H](O)[C@H]2O)cc1. The van der Waals surface area contributed by atoms with Gasteiger partial charge in [0.15, 0.2) is 0 Å². The summed E-state index contributed by atoms with van der Waals surface area (Å²) in [7, 11) is 1.61. The Hall–Kier alpha value is -2.16. The molecule has 0 unspecified atom stereocenters.